The van der Waals surface area contributed by atoms with Crippen LogP contribution >= 0.6 is 0 Å². The Balaban J connectivity index is 2.38. The monoisotopic (exact) mass is 254 g/mol. The molecule has 2 rings (SSSR count). The maximum Gasteiger partial charge on any atom is 0.153 e. The van der Waals surface area contributed by atoms with Gasteiger partial charge in [0, 0.05) is 11.8 Å². The van der Waals surface area contributed by atoms with Crippen LogP contribution in [0.4, 0.5) is 17.2 Å². The minimum absolute atomic E-state index is 0.535. The van der Waals surface area contributed by atoms with E-state index in [0.29, 0.717) is 28.5 Å². The van der Waals surface area contributed by atoms with Crippen molar-refractivity contribution in [2.75, 3.05) is 18.2 Å². The molecule has 0 fully saturated rings. The Hall–Kier alpha value is -2.74. The van der Waals surface area contributed by atoms with E-state index in [2.05, 4.69) is 16.4 Å². The molecule has 0 bridgehead atoms. The van der Waals surface area contributed by atoms with Gasteiger partial charge in [0.15, 0.2) is 5.82 Å². The van der Waals surface area contributed by atoms with Crippen molar-refractivity contribution in [3.8, 4) is 11.8 Å². The van der Waals surface area contributed by atoms with Crippen molar-refractivity contribution < 1.29 is 4.74 Å². The van der Waals surface area contributed by atoms with Crippen molar-refractivity contribution in [3.63, 3.8) is 0 Å². The molecular formula is C14H14N4O. The molecule has 1 aromatic carbocycles. The van der Waals surface area contributed by atoms with Gasteiger partial charge in [-0.05, 0) is 31.2 Å². The standard InChI is InChI=1S/C14H14N4O/c1-9-3-5-11(16)14(17-9)18-12-6-4-10(8-15)7-13(12)19-2/h3-7H,16H2,1-2H3,(H,17,18). The van der Waals surface area contributed by atoms with Crippen LogP contribution in [0.2, 0.25) is 0 Å². The van der Waals surface area contributed by atoms with Crippen molar-refractivity contribution in [1.82, 2.24) is 4.98 Å². The van der Waals surface area contributed by atoms with Gasteiger partial charge in [0.25, 0.3) is 0 Å². The quantitative estimate of drug-likeness (QED) is 0.879. The number of hydrogen-bond donors (Lipinski definition) is 2. The Morgan fingerprint density at radius 2 is 2.11 bits per heavy atom. The number of benzene rings is 1. The Morgan fingerprint density at radius 1 is 1.32 bits per heavy atom. The summed E-state index contributed by atoms with van der Waals surface area (Å²) in [5.74, 6) is 1.14. The number of methoxy groups -OCH3 is 1. The smallest absolute Gasteiger partial charge is 0.153 e. The molecule has 19 heavy (non-hydrogen) atoms. The van der Waals surface area contributed by atoms with Gasteiger partial charge in [0.1, 0.15) is 5.75 Å². The van der Waals surface area contributed by atoms with Gasteiger partial charge < -0.3 is 15.8 Å². The van der Waals surface area contributed by atoms with E-state index < -0.39 is 0 Å². The number of pyridine rings is 1. The van der Waals surface area contributed by atoms with Crippen LogP contribution in [0, 0.1) is 18.3 Å². The third-order valence-electron chi connectivity index (χ3n) is 2.65. The number of nitrogens with one attached hydrogen (secondary N) is 1. The molecule has 2 aromatic rings. The number of nitrogen functional groups attached to an aromatic ring is 1. The van der Waals surface area contributed by atoms with Gasteiger partial charge in [-0.3, -0.25) is 0 Å². The van der Waals surface area contributed by atoms with Crippen molar-refractivity contribution in [1.29, 1.82) is 5.26 Å². The SMILES string of the molecule is COc1cc(C#N)ccc1Nc1nc(C)ccc1N. The van der Waals surface area contributed by atoms with E-state index in [1.807, 2.05) is 13.0 Å². The fraction of sp³-hybridized carbons (Fsp3) is 0.143. The van der Waals surface area contributed by atoms with Crippen LogP contribution in [0.3, 0.4) is 0 Å². The minimum atomic E-state index is 0.535. The number of nitrogens with two attached hydrogens (primary N) is 1. The number of nitriles is 1. The number of aryl methyl sites for hydroxylation is 1. The Kier molecular flexibility index (Phi) is 3.53. The third kappa shape index (κ3) is 2.75. The first kappa shape index (κ1) is 12.7. The number of rotatable bonds is 3. The second kappa shape index (κ2) is 5.27. The van der Waals surface area contributed by atoms with Crippen LogP contribution in [0.25, 0.3) is 0 Å². The lowest BCUT2D eigenvalue weighted by molar-refractivity contribution is 0.416. The number of hydrogen-bond acceptors (Lipinski definition) is 5. The van der Waals surface area contributed by atoms with Gasteiger partial charge in [-0.15, -0.1) is 0 Å². The summed E-state index contributed by atoms with van der Waals surface area (Å²) in [6, 6.07) is 10.8. The molecule has 5 nitrogen and oxygen atoms in total. The lowest BCUT2D eigenvalue weighted by Crippen LogP contribution is -2.01. The van der Waals surface area contributed by atoms with Gasteiger partial charge in [-0.2, -0.15) is 5.26 Å². The molecule has 1 heterocycles. The van der Waals surface area contributed by atoms with Gasteiger partial charge >= 0.3 is 0 Å². The number of aromatic nitrogens is 1. The van der Waals surface area contributed by atoms with Crippen molar-refractivity contribution in [3.05, 3.63) is 41.6 Å². The van der Waals surface area contributed by atoms with E-state index in [-0.39, 0.29) is 0 Å². The third-order valence-corrected chi connectivity index (χ3v) is 2.65. The Labute approximate surface area is 111 Å². The van der Waals surface area contributed by atoms with Crippen LogP contribution in [-0.4, -0.2) is 12.1 Å². The zero-order valence-electron chi connectivity index (χ0n) is 10.8. The van der Waals surface area contributed by atoms with E-state index in [1.165, 1.54) is 0 Å². The van der Waals surface area contributed by atoms with Crippen LogP contribution in [0.5, 0.6) is 5.75 Å². The highest BCUT2D eigenvalue weighted by Crippen LogP contribution is 2.29. The summed E-state index contributed by atoms with van der Waals surface area (Å²) < 4.78 is 5.25. The topological polar surface area (TPSA) is 84.0 Å². The zero-order chi connectivity index (χ0) is 13.8. The van der Waals surface area contributed by atoms with Gasteiger partial charge in [0.2, 0.25) is 0 Å². The summed E-state index contributed by atoms with van der Waals surface area (Å²) in [7, 11) is 1.55. The van der Waals surface area contributed by atoms with E-state index in [0.717, 1.165) is 5.69 Å². The van der Waals surface area contributed by atoms with Gasteiger partial charge in [-0.1, -0.05) is 0 Å². The van der Waals surface area contributed by atoms with Crippen molar-refractivity contribution >= 4 is 17.2 Å². The lowest BCUT2D eigenvalue weighted by Gasteiger charge is -2.12. The first-order valence-corrected chi connectivity index (χ1v) is 5.72. The summed E-state index contributed by atoms with van der Waals surface area (Å²) in [6.45, 7) is 1.89. The first-order chi connectivity index (χ1) is 9.13. The molecule has 0 unspecified atom stereocenters. The average Bonchev–Trinajstić information content (AvgIpc) is 2.43. The predicted octanol–water partition coefficient (Wildman–Crippen LogP) is 2.60. The minimum Gasteiger partial charge on any atom is -0.495 e. The molecule has 5 heteroatoms. The molecule has 0 radical (unpaired) electrons. The van der Waals surface area contributed by atoms with Crippen LogP contribution in [-0.2, 0) is 0 Å². The zero-order valence-corrected chi connectivity index (χ0v) is 10.8. The molecule has 0 aliphatic carbocycles. The van der Waals surface area contributed by atoms with E-state index in [9.17, 15) is 0 Å². The van der Waals surface area contributed by atoms with Gasteiger partial charge in [-0.25, -0.2) is 4.98 Å². The van der Waals surface area contributed by atoms with Gasteiger partial charge in [0.05, 0.1) is 30.1 Å². The molecule has 3 N–H and O–H groups in total. The molecule has 0 amide bonds. The molecule has 96 valence electrons. The second-order valence-corrected chi connectivity index (χ2v) is 4.04. The fourth-order valence-corrected chi connectivity index (χ4v) is 1.66. The summed E-state index contributed by atoms with van der Waals surface area (Å²) in [6.07, 6.45) is 0. The fourth-order valence-electron chi connectivity index (χ4n) is 1.66. The first-order valence-electron chi connectivity index (χ1n) is 5.72. The molecule has 0 aliphatic heterocycles. The highest BCUT2D eigenvalue weighted by molar-refractivity contribution is 5.72. The number of nitrogens with zero attached hydrogens (tertiary/aromatic N) is 2. The molecule has 0 atom stereocenters. The molecule has 0 saturated heterocycles. The normalized spacial score (nSPS) is 9.74. The second-order valence-electron chi connectivity index (χ2n) is 4.04. The maximum absolute atomic E-state index is 8.86. The van der Waals surface area contributed by atoms with E-state index in [1.54, 1.807) is 31.4 Å². The molecule has 1 aromatic heterocycles. The largest absolute Gasteiger partial charge is 0.495 e. The van der Waals surface area contributed by atoms with Crippen LogP contribution < -0.4 is 15.8 Å². The average molecular weight is 254 g/mol. The number of anilines is 3. The highest BCUT2D eigenvalue weighted by Gasteiger charge is 2.07. The highest BCUT2D eigenvalue weighted by atomic mass is 16.5. The summed E-state index contributed by atoms with van der Waals surface area (Å²) in [5.41, 5.74) is 8.53. The predicted molar refractivity (Wildman–Crippen MR) is 74.4 cm³/mol. The van der Waals surface area contributed by atoms with Crippen LogP contribution in [0.1, 0.15) is 11.3 Å². The van der Waals surface area contributed by atoms with E-state index in [4.69, 9.17) is 15.7 Å². The lowest BCUT2D eigenvalue weighted by atomic mass is 10.2. The van der Waals surface area contributed by atoms with Crippen molar-refractivity contribution in [2.45, 2.75) is 6.92 Å². The maximum atomic E-state index is 8.86. The summed E-state index contributed by atoms with van der Waals surface area (Å²) >= 11 is 0. The number of ether oxygens (including phenoxy) is 1. The molecular weight excluding hydrogens is 240 g/mol. The Bertz CT molecular complexity index is 646. The van der Waals surface area contributed by atoms with Crippen LogP contribution in [0.15, 0.2) is 30.3 Å². The van der Waals surface area contributed by atoms with E-state index >= 15 is 0 Å². The molecule has 0 aliphatic rings. The van der Waals surface area contributed by atoms with Crippen molar-refractivity contribution in [2.24, 2.45) is 0 Å². The summed E-state index contributed by atoms with van der Waals surface area (Å²) in [4.78, 5) is 4.33. The molecule has 0 spiro atoms. The Morgan fingerprint density at radius 3 is 2.79 bits per heavy atom. The molecule has 0 saturated carbocycles. The summed E-state index contributed by atoms with van der Waals surface area (Å²) in [5, 5.41) is 12.0.